The summed E-state index contributed by atoms with van der Waals surface area (Å²) in [5.74, 6) is -0.904. The van der Waals surface area contributed by atoms with E-state index in [2.05, 4.69) is 0 Å². The van der Waals surface area contributed by atoms with Gasteiger partial charge in [-0.3, -0.25) is 0 Å². The first kappa shape index (κ1) is 12.2. The topological polar surface area (TPSA) is 40.5 Å². The fourth-order valence-corrected chi connectivity index (χ4v) is 2.00. The predicted molar refractivity (Wildman–Crippen MR) is 73.2 cm³/mol. The number of carboxylic acid groups (broad SMARTS) is 1. The summed E-state index contributed by atoms with van der Waals surface area (Å²) in [4.78, 5) is 13.2. The zero-order chi connectivity index (χ0) is 13.1. The van der Waals surface area contributed by atoms with Gasteiger partial charge < -0.3 is 10.0 Å². The predicted octanol–water partition coefficient (Wildman–Crippen LogP) is 3.12. The smallest absolute Gasteiger partial charge is 0.336 e. The van der Waals surface area contributed by atoms with E-state index >= 15 is 0 Å². The zero-order valence-electron chi connectivity index (χ0n) is 10.4. The van der Waals surface area contributed by atoms with Gasteiger partial charge in [-0.05, 0) is 17.7 Å². The molecular weight excluding hydrogens is 226 g/mol. The molecule has 2 aromatic rings. The lowest BCUT2D eigenvalue weighted by molar-refractivity contribution is 0.0698. The molecule has 2 aromatic carbocycles. The molecule has 0 aliphatic rings. The maximum absolute atomic E-state index is 11.3. The van der Waals surface area contributed by atoms with Gasteiger partial charge in [-0.15, -0.1) is 0 Å². The Morgan fingerprint density at radius 2 is 1.50 bits per heavy atom. The van der Waals surface area contributed by atoms with Crippen LogP contribution in [-0.4, -0.2) is 25.2 Å². The van der Waals surface area contributed by atoms with Crippen LogP contribution >= 0.6 is 0 Å². The molecule has 0 aliphatic heterocycles. The number of hydrogen-bond acceptors (Lipinski definition) is 2. The lowest BCUT2D eigenvalue weighted by Gasteiger charge is -2.18. The van der Waals surface area contributed by atoms with Crippen LogP contribution in [0.25, 0.3) is 11.1 Å². The van der Waals surface area contributed by atoms with Crippen molar-refractivity contribution in [3.8, 4) is 11.1 Å². The van der Waals surface area contributed by atoms with E-state index in [1.807, 2.05) is 55.4 Å². The Bertz CT molecular complexity index is 576. The van der Waals surface area contributed by atoms with Crippen LogP contribution in [0.5, 0.6) is 0 Å². The van der Waals surface area contributed by atoms with Gasteiger partial charge in [-0.25, -0.2) is 4.79 Å². The van der Waals surface area contributed by atoms with Crippen LogP contribution in [0.2, 0.25) is 0 Å². The minimum absolute atomic E-state index is 0.326. The van der Waals surface area contributed by atoms with Gasteiger partial charge in [0.1, 0.15) is 0 Å². The Labute approximate surface area is 106 Å². The number of rotatable bonds is 3. The SMILES string of the molecule is CN(C)c1ccccc1-c1ccccc1C(=O)O. The average molecular weight is 241 g/mol. The van der Waals surface area contributed by atoms with Crippen molar-refractivity contribution in [2.45, 2.75) is 0 Å². The Morgan fingerprint density at radius 1 is 0.944 bits per heavy atom. The van der Waals surface area contributed by atoms with Gasteiger partial charge in [0.2, 0.25) is 0 Å². The number of para-hydroxylation sites is 1. The maximum Gasteiger partial charge on any atom is 0.336 e. The van der Waals surface area contributed by atoms with E-state index in [9.17, 15) is 9.90 Å². The summed E-state index contributed by atoms with van der Waals surface area (Å²) in [5.41, 5.74) is 3.01. The van der Waals surface area contributed by atoms with E-state index in [1.54, 1.807) is 12.1 Å². The number of nitrogens with zero attached hydrogens (tertiary/aromatic N) is 1. The van der Waals surface area contributed by atoms with Gasteiger partial charge in [0.25, 0.3) is 0 Å². The second kappa shape index (κ2) is 4.92. The first-order chi connectivity index (χ1) is 8.61. The van der Waals surface area contributed by atoms with Gasteiger partial charge in [0, 0.05) is 25.3 Å². The monoisotopic (exact) mass is 241 g/mol. The van der Waals surface area contributed by atoms with E-state index in [1.165, 1.54) is 0 Å². The highest BCUT2D eigenvalue weighted by atomic mass is 16.4. The molecule has 18 heavy (non-hydrogen) atoms. The molecule has 0 heterocycles. The standard InChI is InChI=1S/C15H15NO2/c1-16(2)14-10-6-5-8-12(14)11-7-3-4-9-13(11)15(17)18/h3-10H,1-2H3,(H,17,18). The highest BCUT2D eigenvalue weighted by Gasteiger charge is 2.13. The second-order valence-corrected chi connectivity index (χ2v) is 4.26. The van der Waals surface area contributed by atoms with Crippen molar-refractivity contribution in [2.24, 2.45) is 0 Å². The third-order valence-corrected chi connectivity index (χ3v) is 2.83. The Morgan fingerprint density at radius 3 is 2.11 bits per heavy atom. The van der Waals surface area contributed by atoms with Crippen molar-refractivity contribution in [1.82, 2.24) is 0 Å². The van der Waals surface area contributed by atoms with Crippen LogP contribution in [-0.2, 0) is 0 Å². The third kappa shape index (κ3) is 2.20. The van der Waals surface area contributed by atoms with Crippen LogP contribution in [0.15, 0.2) is 48.5 Å². The summed E-state index contributed by atoms with van der Waals surface area (Å²) in [5, 5.41) is 9.24. The van der Waals surface area contributed by atoms with Crippen LogP contribution in [0.4, 0.5) is 5.69 Å². The molecule has 0 radical (unpaired) electrons. The largest absolute Gasteiger partial charge is 0.478 e. The lowest BCUT2D eigenvalue weighted by atomic mass is 9.98. The first-order valence-corrected chi connectivity index (χ1v) is 5.70. The summed E-state index contributed by atoms with van der Waals surface area (Å²) < 4.78 is 0. The fraction of sp³-hybridized carbons (Fsp3) is 0.133. The summed E-state index contributed by atoms with van der Waals surface area (Å²) in [6.07, 6.45) is 0. The number of aromatic carboxylic acids is 1. The van der Waals surface area contributed by atoms with Crippen LogP contribution < -0.4 is 4.90 Å². The molecule has 2 rings (SSSR count). The van der Waals surface area contributed by atoms with Crippen molar-refractivity contribution in [3.05, 3.63) is 54.1 Å². The summed E-state index contributed by atoms with van der Waals surface area (Å²) in [6.45, 7) is 0. The molecule has 0 aliphatic carbocycles. The summed E-state index contributed by atoms with van der Waals surface area (Å²) in [6, 6.07) is 14.9. The van der Waals surface area contributed by atoms with Crippen molar-refractivity contribution >= 4 is 11.7 Å². The average Bonchev–Trinajstić information content (AvgIpc) is 2.38. The highest BCUT2D eigenvalue weighted by Crippen LogP contribution is 2.31. The van der Waals surface area contributed by atoms with Crippen LogP contribution in [0, 0.1) is 0 Å². The normalized spacial score (nSPS) is 10.1. The molecule has 3 heteroatoms. The molecule has 0 bridgehead atoms. The number of carbonyl (C=O) groups is 1. The van der Waals surface area contributed by atoms with Crippen molar-refractivity contribution in [1.29, 1.82) is 0 Å². The van der Waals surface area contributed by atoms with E-state index in [-0.39, 0.29) is 0 Å². The summed E-state index contributed by atoms with van der Waals surface area (Å²) in [7, 11) is 3.89. The molecule has 0 spiro atoms. The number of anilines is 1. The lowest BCUT2D eigenvalue weighted by Crippen LogP contribution is -2.10. The molecule has 1 N–H and O–H groups in total. The molecule has 0 saturated carbocycles. The molecule has 0 unspecified atom stereocenters. The van der Waals surface area contributed by atoms with Crippen molar-refractivity contribution in [3.63, 3.8) is 0 Å². The summed E-state index contributed by atoms with van der Waals surface area (Å²) >= 11 is 0. The van der Waals surface area contributed by atoms with Gasteiger partial charge in [-0.1, -0.05) is 36.4 Å². The Balaban J connectivity index is 2.66. The van der Waals surface area contributed by atoms with Gasteiger partial charge in [0.05, 0.1) is 5.56 Å². The van der Waals surface area contributed by atoms with Crippen LogP contribution in [0.3, 0.4) is 0 Å². The molecule has 0 amide bonds. The minimum Gasteiger partial charge on any atom is -0.478 e. The fourth-order valence-electron chi connectivity index (χ4n) is 2.00. The van der Waals surface area contributed by atoms with Crippen molar-refractivity contribution < 1.29 is 9.90 Å². The van der Waals surface area contributed by atoms with E-state index in [4.69, 9.17) is 0 Å². The van der Waals surface area contributed by atoms with E-state index < -0.39 is 5.97 Å². The molecule has 3 nitrogen and oxygen atoms in total. The number of carboxylic acids is 1. The molecule has 0 saturated heterocycles. The second-order valence-electron chi connectivity index (χ2n) is 4.26. The molecule has 0 fully saturated rings. The third-order valence-electron chi connectivity index (χ3n) is 2.83. The highest BCUT2D eigenvalue weighted by molar-refractivity contribution is 5.98. The molecule has 0 atom stereocenters. The zero-order valence-corrected chi connectivity index (χ0v) is 10.4. The quantitative estimate of drug-likeness (QED) is 0.897. The first-order valence-electron chi connectivity index (χ1n) is 5.70. The Hall–Kier alpha value is -2.29. The molecule has 92 valence electrons. The van der Waals surface area contributed by atoms with Crippen molar-refractivity contribution in [2.75, 3.05) is 19.0 Å². The Kier molecular flexibility index (Phi) is 3.33. The van der Waals surface area contributed by atoms with Crippen LogP contribution in [0.1, 0.15) is 10.4 Å². The van der Waals surface area contributed by atoms with Gasteiger partial charge in [-0.2, -0.15) is 0 Å². The number of hydrogen-bond donors (Lipinski definition) is 1. The number of benzene rings is 2. The van der Waals surface area contributed by atoms with E-state index in [0.29, 0.717) is 5.56 Å². The minimum atomic E-state index is -0.904. The molecular formula is C15H15NO2. The van der Waals surface area contributed by atoms with E-state index in [0.717, 1.165) is 16.8 Å². The van der Waals surface area contributed by atoms with Gasteiger partial charge in [0.15, 0.2) is 0 Å². The maximum atomic E-state index is 11.3. The molecule has 0 aromatic heterocycles. The van der Waals surface area contributed by atoms with Gasteiger partial charge >= 0.3 is 5.97 Å².